The molecule has 2 aromatic carbocycles. The van der Waals surface area contributed by atoms with Crippen LogP contribution in [0.3, 0.4) is 0 Å². The summed E-state index contributed by atoms with van der Waals surface area (Å²) in [6, 6.07) is 13.4. The second-order valence-corrected chi connectivity index (χ2v) is 8.79. The first-order valence-corrected chi connectivity index (χ1v) is 11.2. The molecule has 186 valence electrons. The van der Waals surface area contributed by atoms with E-state index in [0.29, 0.717) is 40.7 Å². The molecular formula is C26H27N5O5. The zero-order chi connectivity index (χ0) is 26.4. The summed E-state index contributed by atoms with van der Waals surface area (Å²) in [4.78, 5) is 38.7. The number of aromatic nitrogens is 1. The zero-order valence-electron chi connectivity index (χ0n) is 20.5. The van der Waals surface area contributed by atoms with Crippen LogP contribution in [0.15, 0.2) is 47.0 Å². The van der Waals surface area contributed by atoms with Crippen LogP contribution in [0.2, 0.25) is 0 Å². The first kappa shape index (κ1) is 26.0. The summed E-state index contributed by atoms with van der Waals surface area (Å²) < 4.78 is 5.23. The van der Waals surface area contributed by atoms with Crippen molar-refractivity contribution in [3.63, 3.8) is 0 Å². The Hall–Kier alpha value is -4.65. The van der Waals surface area contributed by atoms with Gasteiger partial charge in [-0.2, -0.15) is 5.26 Å². The van der Waals surface area contributed by atoms with E-state index in [-0.39, 0.29) is 16.9 Å². The maximum atomic E-state index is 12.8. The van der Waals surface area contributed by atoms with Crippen molar-refractivity contribution < 1.29 is 24.0 Å². The van der Waals surface area contributed by atoms with Crippen LogP contribution in [0.4, 0.5) is 21.9 Å². The van der Waals surface area contributed by atoms with E-state index in [4.69, 9.17) is 4.52 Å². The van der Waals surface area contributed by atoms with Gasteiger partial charge in [0.2, 0.25) is 5.91 Å². The molecule has 3 aromatic rings. The molecule has 0 radical (unpaired) electrons. The van der Waals surface area contributed by atoms with Gasteiger partial charge in [-0.25, -0.2) is 4.79 Å². The third-order valence-electron chi connectivity index (χ3n) is 5.24. The third-order valence-corrected chi connectivity index (χ3v) is 5.24. The normalized spacial score (nSPS) is 10.6. The van der Waals surface area contributed by atoms with E-state index in [1.165, 1.54) is 12.1 Å². The lowest BCUT2D eigenvalue weighted by Gasteiger charge is -2.24. The number of hydrogen-bond donors (Lipinski definition) is 3. The fourth-order valence-corrected chi connectivity index (χ4v) is 3.75. The fourth-order valence-electron chi connectivity index (χ4n) is 3.75. The van der Waals surface area contributed by atoms with Crippen molar-refractivity contribution in [2.24, 2.45) is 5.92 Å². The maximum absolute atomic E-state index is 12.8. The van der Waals surface area contributed by atoms with E-state index >= 15 is 0 Å². The molecule has 0 saturated heterocycles. The molecule has 0 aliphatic carbocycles. The van der Waals surface area contributed by atoms with Crippen LogP contribution in [-0.2, 0) is 4.79 Å². The lowest BCUT2D eigenvalue weighted by molar-refractivity contribution is -0.115. The molecule has 2 amide bonds. The van der Waals surface area contributed by atoms with E-state index in [9.17, 15) is 24.8 Å². The second kappa shape index (κ2) is 11.2. The van der Waals surface area contributed by atoms with Gasteiger partial charge < -0.3 is 19.8 Å². The van der Waals surface area contributed by atoms with Crippen LogP contribution in [0.5, 0.6) is 0 Å². The summed E-state index contributed by atoms with van der Waals surface area (Å²) in [5.41, 5.74) is 2.60. The zero-order valence-corrected chi connectivity index (χ0v) is 20.5. The van der Waals surface area contributed by atoms with Gasteiger partial charge in [0.15, 0.2) is 11.5 Å². The molecule has 1 aromatic heterocycles. The van der Waals surface area contributed by atoms with Crippen molar-refractivity contribution in [3.8, 4) is 17.4 Å². The molecule has 0 fully saturated rings. The fraction of sp³-hybridized carbons (Fsp3) is 0.269. The molecule has 0 bridgehead atoms. The predicted octanol–water partition coefficient (Wildman–Crippen LogP) is 4.92. The van der Waals surface area contributed by atoms with Crippen LogP contribution < -0.4 is 15.5 Å². The predicted molar refractivity (Wildman–Crippen MR) is 135 cm³/mol. The second-order valence-electron chi connectivity index (χ2n) is 8.79. The standard InChI is InChI=1S/C26H27N5O5/c1-15(2)14-31(4)22-11-21(29-26(34)35)20(10-19(22)13-27)28-25(33)12-23(32)17-6-5-7-18(9-17)24-8-16(3)30-36-24/h5-11,15,29H,12,14H2,1-4H3,(H,28,33)(H,34,35). The first-order chi connectivity index (χ1) is 17.1. The van der Waals surface area contributed by atoms with Crippen molar-refractivity contribution >= 4 is 34.8 Å². The molecule has 0 aliphatic heterocycles. The smallest absolute Gasteiger partial charge is 0.409 e. The highest BCUT2D eigenvalue weighted by Crippen LogP contribution is 2.32. The lowest BCUT2D eigenvalue weighted by Crippen LogP contribution is -2.24. The molecule has 0 saturated carbocycles. The summed E-state index contributed by atoms with van der Waals surface area (Å²) in [6.45, 7) is 6.46. The van der Waals surface area contributed by atoms with E-state index in [1.54, 1.807) is 44.3 Å². The summed E-state index contributed by atoms with van der Waals surface area (Å²) in [6.07, 6.45) is -1.81. The number of nitrogens with zero attached hydrogens (tertiary/aromatic N) is 3. The Morgan fingerprint density at radius 3 is 2.47 bits per heavy atom. The monoisotopic (exact) mass is 489 g/mol. The Morgan fingerprint density at radius 1 is 1.14 bits per heavy atom. The van der Waals surface area contributed by atoms with E-state index < -0.39 is 24.2 Å². The molecule has 0 unspecified atom stereocenters. The summed E-state index contributed by atoms with van der Waals surface area (Å²) in [7, 11) is 1.80. The number of carbonyl (C=O) groups is 3. The van der Waals surface area contributed by atoms with Gasteiger partial charge in [-0.15, -0.1) is 0 Å². The highest BCUT2D eigenvalue weighted by atomic mass is 16.5. The van der Waals surface area contributed by atoms with Gasteiger partial charge in [-0.3, -0.25) is 14.9 Å². The number of nitriles is 1. The van der Waals surface area contributed by atoms with Crippen molar-refractivity contribution in [3.05, 3.63) is 59.3 Å². The van der Waals surface area contributed by atoms with Gasteiger partial charge in [-0.05, 0) is 31.0 Å². The van der Waals surface area contributed by atoms with Crippen molar-refractivity contribution in [2.45, 2.75) is 27.2 Å². The lowest BCUT2D eigenvalue weighted by atomic mass is 10.0. The Balaban J connectivity index is 1.82. The maximum Gasteiger partial charge on any atom is 0.409 e. The minimum Gasteiger partial charge on any atom is -0.465 e. The summed E-state index contributed by atoms with van der Waals surface area (Å²) >= 11 is 0. The number of anilines is 3. The van der Waals surface area contributed by atoms with Crippen molar-refractivity contribution in [2.75, 3.05) is 29.1 Å². The molecule has 1 heterocycles. The Bertz CT molecular complexity index is 1340. The largest absolute Gasteiger partial charge is 0.465 e. The van der Waals surface area contributed by atoms with Gasteiger partial charge in [-0.1, -0.05) is 37.2 Å². The Labute approximate surface area is 208 Å². The number of carboxylic acid groups (broad SMARTS) is 1. The number of aryl methyl sites for hydroxylation is 1. The number of Topliss-reactive ketones (excluding diaryl/α,β-unsaturated/α-hetero) is 1. The average molecular weight is 490 g/mol. The molecule has 36 heavy (non-hydrogen) atoms. The van der Waals surface area contributed by atoms with Crippen LogP contribution in [0.1, 0.15) is 41.9 Å². The SMILES string of the molecule is Cc1cc(-c2cccc(C(=O)CC(=O)Nc3cc(C#N)c(N(C)CC(C)C)cc3NC(=O)O)c2)on1. The van der Waals surface area contributed by atoms with Gasteiger partial charge in [0.1, 0.15) is 6.07 Å². The summed E-state index contributed by atoms with van der Waals surface area (Å²) in [5, 5.41) is 27.6. The molecular weight excluding hydrogens is 462 g/mol. The molecule has 10 nitrogen and oxygen atoms in total. The van der Waals surface area contributed by atoms with E-state index in [0.717, 1.165) is 0 Å². The van der Waals surface area contributed by atoms with Crippen LogP contribution in [0, 0.1) is 24.2 Å². The van der Waals surface area contributed by atoms with E-state index in [1.807, 2.05) is 18.7 Å². The highest BCUT2D eigenvalue weighted by molar-refractivity contribution is 6.12. The van der Waals surface area contributed by atoms with Gasteiger partial charge >= 0.3 is 6.09 Å². The Kier molecular flexibility index (Phi) is 8.07. The number of nitrogens with one attached hydrogen (secondary N) is 2. The first-order valence-electron chi connectivity index (χ1n) is 11.2. The van der Waals surface area contributed by atoms with Gasteiger partial charge in [0.05, 0.1) is 34.7 Å². The van der Waals surface area contributed by atoms with Gasteiger partial charge in [0, 0.05) is 30.8 Å². The summed E-state index contributed by atoms with van der Waals surface area (Å²) in [5.74, 6) is -0.286. The molecule has 0 spiro atoms. The molecule has 10 heteroatoms. The van der Waals surface area contributed by atoms with Gasteiger partial charge in [0.25, 0.3) is 0 Å². The third kappa shape index (κ3) is 6.48. The molecule has 0 aliphatic rings. The number of benzene rings is 2. The molecule has 3 N–H and O–H groups in total. The topological polar surface area (TPSA) is 149 Å². The van der Waals surface area contributed by atoms with Crippen LogP contribution >= 0.6 is 0 Å². The molecule has 3 rings (SSSR count). The number of hydrogen-bond acceptors (Lipinski definition) is 7. The van der Waals surface area contributed by atoms with Crippen molar-refractivity contribution in [1.82, 2.24) is 5.16 Å². The Morgan fingerprint density at radius 2 is 1.86 bits per heavy atom. The van der Waals surface area contributed by atoms with Crippen molar-refractivity contribution in [1.29, 1.82) is 5.26 Å². The van der Waals surface area contributed by atoms with Crippen LogP contribution in [0.25, 0.3) is 11.3 Å². The molecule has 0 atom stereocenters. The quantitative estimate of drug-likeness (QED) is 0.283. The number of ketones is 1. The minimum absolute atomic E-state index is 0.0827. The van der Waals surface area contributed by atoms with E-state index in [2.05, 4.69) is 21.9 Å². The highest BCUT2D eigenvalue weighted by Gasteiger charge is 2.19. The minimum atomic E-state index is -1.33. The number of rotatable bonds is 9. The average Bonchev–Trinajstić information content (AvgIpc) is 3.25. The van der Waals surface area contributed by atoms with Crippen LogP contribution in [-0.4, -0.2) is 41.6 Å². The number of carbonyl (C=O) groups excluding carboxylic acids is 2. The number of amides is 2.